The summed E-state index contributed by atoms with van der Waals surface area (Å²) >= 11 is 0. The van der Waals surface area contributed by atoms with E-state index in [0.717, 1.165) is 12.1 Å². The molecule has 0 saturated heterocycles. The molecule has 0 bridgehead atoms. The molecule has 0 aliphatic heterocycles. The summed E-state index contributed by atoms with van der Waals surface area (Å²) < 4.78 is 38.8. The van der Waals surface area contributed by atoms with E-state index in [1.54, 1.807) is 0 Å². The van der Waals surface area contributed by atoms with Crippen LogP contribution in [0.25, 0.3) is 0 Å². The number of halogens is 1. The monoisotopic (exact) mass is 267 g/mol. The van der Waals surface area contributed by atoms with Crippen molar-refractivity contribution in [3.8, 4) is 5.75 Å². The molecule has 4 nitrogen and oxygen atoms in total. The highest BCUT2D eigenvalue weighted by molar-refractivity contribution is 7.92. The molecule has 2 N–H and O–H groups in total. The Morgan fingerprint density at radius 3 is 2.22 bits per heavy atom. The number of hydrogen-bond acceptors (Lipinski definition) is 3. The Labute approximate surface area is 104 Å². The van der Waals surface area contributed by atoms with Crippen LogP contribution in [0.2, 0.25) is 0 Å². The van der Waals surface area contributed by atoms with Crippen molar-refractivity contribution >= 4 is 15.7 Å². The van der Waals surface area contributed by atoms with E-state index in [9.17, 15) is 17.9 Å². The molecule has 2 aromatic rings. The fourth-order valence-corrected chi connectivity index (χ4v) is 2.57. The zero-order valence-electron chi connectivity index (χ0n) is 9.17. The van der Waals surface area contributed by atoms with Crippen molar-refractivity contribution in [2.45, 2.75) is 4.90 Å². The number of anilines is 1. The van der Waals surface area contributed by atoms with Crippen LogP contribution in [0, 0.1) is 5.82 Å². The van der Waals surface area contributed by atoms with E-state index in [1.165, 1.54) is 36.4 Å². The van der Waals surface area contributed by atoms with Gasteiger partial charge in [0.05, 0.1) is 0 Å². The largest absolute Gasteiger partial charge is 0.507 e. The second-order valence-corrected chi connectivity index (χ2v) is 5.23. The van der Waals surface area contributed by atoms with Crippen molar-refractivity contribution in [1.82, 2.24) is 0 Å². The molecule has 6 heteroatoms. The van der Waals surface area contributed by atoms with Crippen LogP contribution in [0.15, 0.2) is 53.4 Å². The minimum atomic E-state index is -3.88. The van der Waals surface area contributed by atoms with Crippen LogP contribution in [0.1, 0.15) is 0 Å². The summed E-state index contributed by atoms with van der Waals surface area (Å²) in [5.74, 6) is -0.799. The van der Waals surface area contributed by atoms with Crippen molar-refractivity contribution in [2.75, 3.05) is 4.72 Å². The van der Waals surface area contributed by atoms with Gasteiger partial charge < -0.3 is 5.11 Å². The zero-order valence-corrected chi connectivity index (χ0v) is 9.99. The van der Waals surface area contributed by atoms with Crippen molar-refractivity contribution in [1.29, 1.82) is 0 Å². The fourth-order valence-electron chi connectivity index (χ4n) is 1.41. The lowest BCUT2D eigenvalue weighted by molar-refractivity contribution is 0.459. The molecule has 0 aromatic heterocycles. The van der Waals surface area contributed by atoms with Crippen molar-refractivity contribution in [2.24, 2.45) is 0 Å². The molecular formula is C12H10FNO3S. The highest BCUT2D eigenvalue weighted by Gasteiger charge is 2.17. The smallest absolute Gasteiger partial charge is 0.265 e. The Kier molecular flexibility index (Phi) is 3.20. The standard InChI is InChI=1S/C12H10FNO3S/c13-9-5-7-10(8-6-9)14-18(16,17)12-4-2-1-3-11(12)15/h1-8,14-15H. The molecule has 0 heterocycles. The predicted molar refractivity (Wildman–Crippen MR) is 65.3 cm³/mol. The molecule has 0 unspecified atom stereocenters. The molecular weight excluding hydrogens is 257 g/mol. The topological polar surface area (TPSA) is 66.4 Å². The molecule has 0 atom stereocenters. The van der Waals surface area contributed by atoms with Crippen LogP contribution < -0.4 is 4.72 Å². The molecule has 0 saturated carbocycles. The van der Waals surface area contributed by atoms with Gasteiger partial charge in [0, 0.05) is 5.69 Å². The van der Waals surface area contributed by atoms with E-state index < -0.39 is 15.8 Å². The third-order valence-corrected chi connectivity index (χ3v) is 3.68. The fraction of sp³-hybridized carbons (Fsp3) is 0. The summed E-state index contributed by atoms with van der Waals surface area (Å²) in [6.07, 6.45) is 0. The van der Waals surface area contributed by atoms with E-state index in [4.69, 9.17) is 0 Å². The van der Waals surface area contributed by atoms with Crippen LogP contribution in [0.3, 0.4) is 0 Å². The number of para-hydroxylation sites is 1. The number of aromatic hydroxyl groups is 1. The molecule has 94 valence electrons. The second kappa shape index (κ2) is 4.66. The minimum Gasteiger partial charge on any atom is -0.507 e. The highest BCUT2D eigenvalue weighted by Crippen LogP contribution is 2.24. The Morgan fingerprint density at radius 2 is 1.61 bits per heavy atom. The third-order valence-electron chi connectivity index (χ3n) is 2.25. The quantitative estimate of drug-likeness (QED) is 0.897. The number of sulfonamides is 1. The summed E-state index contributed by atoms with van der Waals surface area (Å²) in [4.78, 5) is -0.227. The maximum absolute atomic E-state index is 12.7. The number of phenols is 1. The zero-order chi connectivity index (χ0) is 13.2. The van der Waals surface area contributed by atoms with Crippen LogP contribution in [0.4, 0.5) is 10.1 Å². The number of rotatable bonds is 3. The lowest BCUT2D eigenvalue weighted by Gasteiger charge is -2.09. The maximum Gasteiger partial charge on any atom is 0.265 e. The van der Waals surface area contributed by atoms with E-state index in [0.29, 0.717) is 0 Å². The Balaban J connectivity index is 2.33. The van der Waals surface area contributed by atoms with Crippen LogP contribution in [0.5, 0.6) is 5.75 Å². The lowest BCUT2D eigenvalue weighted by atomic mass is 10.3. The van der Waals surface area contributed by atoms with Crippen LogP contribution in [-0.4, -0.2) is 13.5 Å². The van der Waals surface area contributed by atoms with Crippen LogP contribution >= 0.6 is 0 Å². The number of phenolic OH excluding ortho intramolecular Hbond substituents is 1. The van der Waals surface area contributed by atoms with Crippen LogP contribution in [-0.2, 0) is 10.0 Å². The van der Waals surface area contributed by atoms with Gasteiger partial charge >= 0.3 is 0 Å². The van der Waals surface area contributed by atoms with Gasteiger partial charge in [-0.1, -0.05) is 12.1 Å². The number of nitrogens with one attached hydrogen (secondary N) is 1. The van der Waals surface area contributed by atoms with Gasteiger partial charge in [-0.25, -0.2) is 12.8 Å². The first-order chi connectivity index (χ1) is 8.49. The number of hydrogen-bond donors (Lipinski definition) is 2. The maximum atomic E-state index is 12.7. The van der Waals surface area contributed by atoms with E-state index in [-0.39, 0.29) is 16.3 Å². The van der Waals surface area contributed by atoms with Gasteiger partial charge in [-0.2, -0.15) is 0 Å². The molecule has 0 aliphatic rings. The van der Waals surface area contributed by atoms with Gasteiger partial charge in [0.2, 0.25) is 0 Å². The molecule has 18 heavy (non-hydrogen) atoms. The first-order valence-corrected chi connectivity index (χ1v) is 6.54. The molecule has 0 spiro atoms. The molecule has 0 aliphatic carbocycles. The lowest BCUT2D eigenvalue weighted by Crippen LogP contribution is -2.13. The molecule has 0 radical (unpaired) electrons. The number of benzene rings is 2. The first kappa shape index (κ1) is 12.4. The third kappa shape index (κ3) is 2.60. The summed E-state index contributed by atoms with van der Waals surface area (Å²) in [5, 5.41) is 9.49. The van der Waals surface area contributed by atoms with Gasteiger partial charge in [0.15, 0.2) is 0 Å². The molecule has 0 amide bonds. The average molecular weight is 267 g/mol. The highest BCUT2D eigenvalue weighted by atomic mass is 32.2. The predicted octanol–water partition coefficient (Wildman–Crippen LogP) is 2.33. The minimum absolute atomic E-state index is 0.222. The van der Waals surface area contributed by atoms with Gasteiger partial charge in [-0.15, -0.1) is 0 Å². The summed E-state index contributed by atoms with van der Waals surface area (Å²) in [6, 6.07) is 10.5. The summed E-state index contributed by atoms with van der Waals surface area (Å²) in [7, 11) is -3.88. The van der Waals surface area contributed by atoms with Gasteiger partial charge in [0.25, 0.3) is 10.0 Å². The van der Waals surface area contributed by atoms with E-state index >= 15 is 0 Å². The van der Waals surface area contributed by atoms with Crippen molar-refractivity contribution < 1.29 is 17.9 Å². The first-order valence-electron chi connectivity index (χ1n) is 5.05. The molecule has 2 aromatic carbocycles. The Morgan fingerprint density at radius 1 is 1.00 bits per heavy atom. The van der Waals surface area contributed by atoms with Crippen molar-refractivity contribution in [3.63, 3.8) is 0 Å². The Hall–Kier alpha value is -2.08. The Bertz CT molecular complexity index is 653. The van der Waals surface area contributed by atoms with Gasteiger partial charge in [-0.05, 0) is 36.4 Å². The second-order valence-electron chi connectivity index (χ2n) is 3.58. The average Bonchev–Trinajstić information content (AvgIpc) is 2.32. The summed E-state index contributed by atoms with van der Waals surface area (Å²) in [5.41, 5.74) is 0.222. The SMILES string of the molecule is O=S(=O)(Nc1ccc(F)cc1)c1ccccc1O. The van der Waals surface area contributed by atoms with Gasteiger partial charge in [-0.3, -0.25) is 4.72 Å². The molecule has 0 fully saturated rings. The molecule has 2 rings (SSSR count). The normalized spacial score (nSPS) is 11.2. The van der Waals surface area contributed by atoms with E-state index in [1.807, 2.05) is 0 Å². The van der Waals surface area contributed by atoms with Gasteiger partial charge in [0.1, 0.15) is 16.5 Å². The van der Waals surface area contributed by atoms with E-state index in [2.05, 4.69) is 4.72 Å². The summed E-state index contributed by atoms with van der Waals surface area (Å²) in [6.45, 7) is 0. The van der Waals surface area contributed by atoms with Crippen molar-refractivity contribution in [3.05, 3.63) is 54.3 Å².